The van der Waals surface area contributed by atoms with Crippen molar-refractivity contribution < 1.29 is 24.2 Å². The Bertz CT molecular complexity index is 1160. The molecule has 9 heteroatoms. The second kappa shape index (κ2) is 14.5. The van der Waals surface area contributed by atoms with E-state index in [2.05, 4.69) is 10.6 Å². The third-order valence-electron chi connectivity index (χ3n) is 6.02. The third-order valence-corrected chi connectivity index (χ3v) is 6.02. The van der Waals surface area contributed by atoms with Crippen molar-refractivity contribution in [2.24, 2.45) is 11.5 Å². The quantitative estimate of drug-likeness (QED) is 0.232. The molecule has 3 unspecified atom stereocenters. The number of hydrogen-bond donors (Lipinski definition) is 5. The van der Waals surface area contributed by atoms with E-state index in [0.29, 0.717) is 6.42 Å². The van der Waals surface area contributed by atoms with Crippen LogP contribution < -0.4 is 22.1 Å². The SMILES string of the molecule is NC(=O)C[C@H](NC(=O)OCc1ccccc1)C(=O)NC(Cc1ccccc1)C(O)C(N)Cc1ccccc1. The van der Waals surface area contributed by atoms with Crippen LogP contribution in [0, 0.1) is 0 Å². The molecule has 9 nitrogen and oxygen atoms in total. The lowest BCUT2D eigenvalue weighted by molar-refractivity contribution is -0.128. The van der Waals surface area contributed by atoms with E-state index in [9.17, 15) is 19.5 Å². The Labute approximate surface area is 222 Å². The fourth-order valence-corrected chi connectivity index (χ4v) is 4.03. The number of nitrogens with one attached hydrogen (secondary N) is 2. The highest BCUT2D eigenvalue weighted by Gasteiger charge is 2.31. The summed E-state index contributed by atoms with van der Waals surface area (Å²) in [5, 5.41) is 16.3. The lowest BCUT2D eigenvalue weighted by atomic mass is 9.92. The number of benzene rings is 3. The highest BCUT2D eigenvalue weighted by Crippen LogP contribution is 2.13. The number of aliphatic hydroxyl groups excluding tert-OH is 1. The number of alkyl carbamates (subject to hydrolysis) is 1. The van der Waals surface area contributed by atoms with Gasteiger partial charge in [-0.2, -0.15) is 0 Å². The molecule has 0 aliphatic heterocycles. The van der Waals surface area contributed by atoms with E-state index >= 15 is 0 Å². The van der Waals surface area contributed by atoms with E-state index in [1.807, 2.05) is 66.7 Å². The van der Waals surface area contributed by atoms with Gasteiger partial charge >= 0.3 is 6.09 Å². The normalized spacial score (nSPS) is 13.9. The fourth-order valence-electron chi connectivity index (χ4n) is 4.03. The minimum atomic E-state index is -1.30. The van der Waals surface area contributed by atoms with Crippen molar-refractivity contribution in [1.29, 1.82) is 0 Å². The molecule has 0 radical (unpaired) electrons. The molecular weight excluding hydrogens is 484 g/mol. The second-order valence-electron chi connectivity index (χ2n) is 9.08. The Balaban J connectivity index is 1.70. The molecule has 4 atom stereocenters. The van der Waals surface area contributed by atoms with Crippen molar-refractivity contribution >= 4 is 17.9 Å². The van der Waals surface area contributed by atoms with Crippen LogP contribution in [0.25, 0.3) is 0 Å². The molecule has 0 saturated heterocycles. The number of carbonyl (C=O) groups excluding carboxylic acids is 3. The number of primary amides is 1. The standard InChI is InChI=1S/C29H34N4O5/c30-23(16-20-10-4-1-5-11-20)27(35)24(17-21-12-6-2-7-13-21)32-28(36)25(18-26(31)34)33-29(37)38-19-22-14-8-3-9-15-22/h1-15,23-25,27,35H,16-19,30H2,(H2,31,34)(H,32,36)(H,33,37)/t23?,24?,25-,27?/m0/s1. The molecule has 3 rings (SSSR count). The van der Waals surface area contributed by atoms with E-state index in [-0.39, 0.29) is 13.0 Å². The number of carbonyl (C=O) groups is 3. The van der Waals surface area contributed by atoms with Gasteiger partial charge in [0.05, 0.1) is 18.6 Å². The minimum Gasteiger partial charge on any atom is -0.445 e. The van der Waals surface area contributed by atoms with Gasteiger partial charge in [-0.05, 0) is 29.5 Å². The minimum absolute atomic E-state index is 0.0126. The maximum atomic E-state index is 13.2. The van der Waals surface area contributed by atoms with Gasteiger partial charge in [0, 0.05) is 6.04 Å². The first-order valence-corrected chi connectivity index (χ1v) is 12.4. The van der Waals surface area contributed by atoms with E-state index in [0.717, 1.165) is 16.7 Å². The molecule has 0 aliphatic rings. The Morgan fingerprint density at radius 2 is 1.26 bits per heavy atom. The molecule has 0 aliphatic carbocycles. The van der Waals surface area contributed by atoms with Crippen LogP contribution in [-0.2, 0) is 33.8 Å². The average molecular weight is 519 g/mol. The van der Waals surface area contributed by atoms with Crippen LogP contribution in [0.1, 0.15) is 23.1 Å². The van der Waals surface area contributed by atoms with Gasteiger partial charge in [0.15, 0.2) is 0 Å². The van der Waals surface area contributed by atoms with E-state index < -0.39 is 48.6 Å². The number of ether oxygens (including phenoxy) is 1. The summed E-state index contributed by atoms with van der Waals surface area (Å²) in [7, 11) is 0. The summed E-state index contributed by atoms with van der Waals surface area (Å²) in [4.78, 5) is 37.3. The van der Waals surface area contributed by atoms with Crippen LogP contribution in [0.2, 0.25) is 0 Å². The first-order chi connectivity index (χ1) is 18.3. The Kier molecular flexibility index (Phi) is 10.8. The topological polar surface area (TPSA) is 157 Å². The van der Waals surface area contributed by atoms with Crippen molar-refractivity contribution in [1.82, 2.24) is 10.6 Å². The van der Waals surface area contributed by atoms with Crippen molar-refractivity contribution in [3.63, 3.8) is 0 Å². The van der Waals surface area contributed by atoms with Gasteiger partial charge in [0.1, 0.15) is 12.6 Å². The van der Waals surface area contributed by atoms with Gasteiger partial charge < -0.3 is 31.9 Å². The number of nitrogens with two attached hydrogens (primary N) is 2. The Morgan fingerprint density at radius 1 is 0.763 bits per heavy atom. The molecule has 7 N–H and O–H groups in total. The van der Waals surface area contributed by atoms with Crippen LogP contribution in [0.5, 0.6) is 0 Å². The van der Waals surface area contributed by atoms with Gasteiger partial charge in [0.25, 0.3) is 0 Å². The summed E-state index contributed by atoms with van der Waals surface area (Å²) >= 11 is 0. The van der Waals surface area contributed by atoms with E-state index in [1.165, 1.54) is 0 Å². The van der Waals surface area contributed by atoms with Crippen LogP contribution in [0.15, 0.2) is 91.0 Å². The molecule has 3 aromatic rings. The smallest absolute Gasteiger partial charge is 0.408 e. The van der Waals surface area contributed by atoms with Crippen LogP contribution in [-0.4, -0.2) is 47.2 Å². The number of hydrogen-bond acceptors (Lipinski definition) is 6. The molecule has 0 aromatic heterocycles. The van der Waals surface area contributed by atoms with Crippen molar-refractivity contribution in [2.45, 2.75) is 50.1 Å². The van der Waals surface area contributed by atoms with Crippen molar-refractivity contribution in [3.8, 4) is 0 Å². The lowest BCUT2D eigenvalue weighted by Gasteiger charge is -2.30. The summed E-state index contributed by atoms with van der Waals surface area (Å²) in [6.07, 6.45) is -1.79. The van der Waals surface area contributed by atoms with Gasteiger partial charge in [0.2, 0.25) is 11.8 Å². The lowest BCUT2D eigenvalue weighted by Crippen LogP contribution is -2.57. The highest BCUT2D eigenvalue weighted by atomic mass is 16.5. The van der Waals surface area contributed by atoms with Gasteiger partial charge in [-0.25, -0.2) is 4.79 Å². The summed E-state index contributed by atoms with van der Waals surface area (Å²) in [6, 6.07) is 25.0. The predicted molar refractivity (Wildman–Crippen MR) is 144 cm³/mol. The van der Waals surface area contributed by atoms with Crippen LogP contribution >= 0.6 is 0 Å². The summed E-state index contributed by atoms with van der Waals surface area (Å²) in [5.41, 5.74) is 14.3. The Morgan fingerprint density at radius 3 is 1.79 bits per heavy atom. The molecule has 38 heavy (non-hydrogen) atoms. The highest BCUT2D eigenvalue weighted by molar-refractivity contribution is 5.90. The second-order valence-corrected chi connectivity index (χ2v) is 9.08. The zero-order chi connectivity index (χ0) is 27.3. The van der Waals surface area contributed by atoms with Gasteiger partial charge in [-0.15, -0.1) is 0 Å². The molecule has 3 amide bonds. The molecule has 3 aromatic carbocycles. The monoisotopic (exact) mass is 518 g/mol. The largest absolute Gasteiger partial charge is 0.445 e. The van der Waals surface area contributed by atoms with Crippen LogP contribution in [0.3, 0.4) is 0 Å². The zero-order valence-electron chi connectivity index (χ0n) is 21.0. The van der Waals surface area contributed by atoms with Gasteiger partial charge in [-0.1, -0.05) is 91.0 Å². The first-order valence-electron chi connectivity index (χ1n) is 12.4. The predicted octanol–water partition coefficient (Wildman–Crippen LogP) is 1.82. The summed E-state index contributed by atoms with van der Waals surface area (Å²) < 4.78 is 5.19. The number of aliphatic hydroxyl groups is 1. The third kappa shape index (κ3) is 9.34. The molecular formula is C29H34N4O5. The Hall–Kier alpha value is -4.21. The maximum absolute atomic E-state index is 13.2. The first kappa shape index (κ1) is 28.4. The molecule has 0 fully saturated rings. The number of rotatable bonds is 13. The number of amides is 3. The van der Waals surface area contributed by atoms with E-state index in [1.54, 1.807) is 24.3 Å². The maximum Gasteiger partial charge on any atom is 0.408 e. The summed E-state index contributed by atoms with van der Waals surface area (Å²) in [6.45, 7) is -0.0126. The van der Waals surface area contributed by atoms with Crippen molar-refractivity contribution in [3.05, 3.63) is 108 Å². The molecule has 0 heterocycles. The molecule has 0 saturated carbocycles. The van der Waals surface area contributed by atoms with Crippen molar-refractivity contribution in [2.75, 3.05) is 0 Å². The summed E-state index contributed by atoms with van der Waals surface area (Å²) in [5.74, 6) is -1.47. The van der Waals surface area contributed by atoms with E-state index in [4.69, 9.17) is 16.2 Å². The molecule has 0 bridgehead atoms. The zero-order valence-corrected chi connectivity index (χ0v) is 21.0. The molecule has 200 valence electrons. The van der Waals surface area contributed by atoms with Crippen LogP contribution in [0.4, 0.5) is 4.79 Å². The van der Waals surface area contributed by atoms with Gasteiger partial charge in [-0.3, -0.25) is 9.59 Å². The fraction of sp³-hybridized carbons (Fsp3) is 0.276. The average Bonchev–Trinajstić information content (AvgIpc) is 2.92. The molecule has 0 spiro atoms.